The van der Waals surface area contributed by atoms with E-state index in [4.69, 9.17) is 0 Å². The van der Waals surface area contributed by atoms with Crippen molar-refractivity contribution in [2.45, 2.75) is 0 Å². The monoisotopic (exact) mass is 198 g/mol. The molecule has 0 aromatic heterocycles. The Morgan fingerprint density at radius 1 is 1.31 bits per heavy atom. The molecule has 0 spiro atoms. The average Bonchev–Trinajstić information content (AvgIpc) is 2.17. The lowest BCUT2D eigenvalue weighted by atomic mass is 10.2. The molecule has 1 aromatic carbocycles. The smallest absolute Gasteiger partial charge is 0.199 e. The van der Waals surface area contributed by atoms with Crippen LogP contribution in [0.3, 0.4) is 0 Å². The molecule has 70 valence electrons. The maximum absolute atomic E-state index is 10.9. The van der Waals surface area contributed by atoms with Gasteiger partial charge in [-0.15, -0.1) is 0 Å². The van der Waals surface area contributed by atoms with Crippen LogP contribution >= 0.6 is 0 Å². The molecule has 0 unspecified atom stereocenters. The Morgan fingerprint density at radius 2 is 1.92 bits per heavy atom. The molecule has 0 aliphatic heterocycles. The van der Waals surface area contributed by atoms with Crippen LogP contribution < -0.4 is 4.72 Å². The molecule has 0 saturated heterocycles. The molecule has 13 heavy (non-hydrogen) atoms. The van der Waals surface area contributed by atoms with E-state index in [1.54, 1.807) is 12.1 Å². The van der Waals surface area contributed by atoms with Crippen molar-refractivity contribution in [2.24, 2.45) is 4.40 Å². The van der Waals surface area contributed by atoms with Gasteiger partial charge in [0.15, 0.2) is 0 Å². The van der Waals surface area contributed by atoms with Crippen LogP contribution in [0.5, 0.6) is 0 Å². The molecule has 0 saturated carbocycles. The van der Waals surface area contributed by atoms with Crippen LogP contribution in [0.15, 0.2) is 34.7 Å². The predicted octanol–water partition coefficient (Wildman–Crippen LogP) is 0.570. The molecule has 0 bridgehead atoms. The van der Waals surface area contributed by atoms with E-state index in [0.717, 1.165) is 5.56 Å². The highest BCUT2D eigenvalue weighted by atomic mass is 32.2. The Bertz CT molecular complexity index is 384. The van der Waals surface area contributed by atoms with Gasteiger partial charge in [0.2, 0.25) is 0 Å². The quantitative estimate of drug-likeness (QED) is 0.722. The van der Waals surface area contributed by atoms with Crippen molar-refractivity contribution in [1.29, 1.82) is 0 Å². The van der Waals surface area contributed by atoms with Gasteiger partial charge in [-0.2, -0.15) is 17.5 Å². The fourth-order valence-corrected chi connectivity index (χ4v) is 1.09. The summed E-state index contributed by atoms with van der Waals surface area (Å²) < 4.78 is 27.2. The maximum atomic E-state index is 10.9. The number of nitrogens with zero attached hydrogens (tertiary/aromatic N) is 1. The molecule has 4 nitrogen and oxygen atoms in total. The van der Waals surface area contributed by atoms with E-state index < -0.39 is 10.2 Å². The van der Waals surface area contributed by atoms with Gasteiger partial charge in [-0.05, 0) is 5.56 Å². The molecular formula is C8H10N2O2S. The third-order valence-corrected chi connectivity index (χ3v) is 2.30. The van der Waals surface area contributed by atoms with E-state index in [1.165, 1.54) is 13.3 Å². The first kappa shape index (κ1) is 9.88. The Hall–Kier alpha value is -1.20. The van der Waals surface area contributed by atoms with Gasteiger partial charge < -0.3 is 0 Å². The lowest BCUT2D eigenvalue weighted by molar-refractivity contribution is 0.590. The minimum atomic E-state index is -3.50. The molecule has 0 heterocycles. The predicted molar refractivity (Wildman–Crippen MR) is 52.0 cm³/mol. The molecule has 0 atom stereocenters. The number of hydrogen-bond acceptors (Lipinski definition) is 2. The lowest BCUT2D eigenvalue weighted by Gasteiger charge is -1.93. The second-order valence-corrected chi connectivity index (χ2v) is 3.89. The highest BCUT2D eigenvalue weighted by Crippen LogP contribution is 1.95. The fraction of sp³-hybridized carbons (Fsp3) is 0.125. The van der Waals surface area contributed by atoms with Gasteiger partial charge in [0, 0.05) is 13.3 Å². The first-order valence-electron chi connectivity index (χ1n) is 3.68. The van der Waals surface area contributed by atoms with Gasteiger partial charge in [0.05, 0.1) is 0 Å². The zero-order chi connectivity index (χ0) is 9.73. The first-order chi connectivity index (χ1) is 6.14. The molecular weight excluding hydrogens is 188 g/mol. The third-order valence-electron chi connectivity index (χ3n) is 1.40. The standard InChI is InChI=1S/C8H10N2O2S/c1-9-13(11,12)10-7-8-5-3-2-4-6-8/h2-7,9H,1H3/b10-7+. The summed E-state index contributed by atoms with van der Waals surface area (Å²) in [6, 6.07) is 9.02. The maximum Gasteiger partial charge on any atom is 0.319 e. The van der Waals surface area contributed by atoms with Gasteiger partial charge >= 0.3 is 10.2 Å². The summed E-state index contributed by atoms with van der Waals surface area (Å²) in [5, 5.41) is 0. The second-order valence-electron chi connectivity index (χ2n) is 2.32. The number of rotatable bonds is 3. The van der Waals surface area contributed by atoms with Crippen molar-refractivity contribution >= 4 is 16.4 Å². The molecule has 5 heteroatoms. The van der Waals surface area contributed by atoms with E-state index in [2.05, 4.69) is 9.12 Å². The first-order valence-corrected chi connectivity index (χ1v) is 5.12. The van der Waals surface area contributed by atoms with Crippen LogP contribution in [-0.4, -0.2) is 21.7 Å². The van der Waals surface area contributed by atoms with Gasteiger partial charge in [-0.1, -0.05) is 30.3 Å². The summed E-state index contributed by atoms with van der Waals surface area (Å²) in [6.45, 7) is 0. The van der Waals surface area contributed by atoms with Crippen LogP contribution in [0.4, 0.5) is 0 Å². The Balaban J connectivity index is 2.82. The Labute approximate surface area is 77.5 Å². The molecule has 0 aliphatic carbocycles. The van der Waals surface area contributed by atoms with Crippen molar-refractivity contribution in [3.63, 3.8) is 0 Å². The van der Waals surface area contributed by atoms with Gasteiger partial charge in [-0.3, -0.25) is 0 Å². The molecule has 1 aromatic rings. The van der Waals surface area contributed by atoms with Gasteiger partial charge in [0.25, 0.3) is 0 Å². The minimum absolute atomic E-state index is 0.751. The third kappa shape index (κ3) is 3.35. The summed E-state index contributed by atoms with van der Waals surface area (Å²) in [5.74, 6) is 0. The van der Waals surface area contributed by atoms with Crippen molar-refractivity contribution in [3.05, 3.63) is 35.9 Å². The number of nitrogens with one attached hydrogen (secondary N) is 1. The van der Waals surface area contributed by atoms with E-state index in [-0.39, 0.29) is 0 Å². The second kappa shape index (κ2) is 4.15. The topological polar surface area (TPSA) is 58.5 Å². The summed E-state index contributed by atoms with van der Waals surface area (Å²) >= 11 is 0. The van der Waals surface area contributed by atoms with Crippen LogP contribution in [-0.2, 0) is 10.2 Å². The zero-order valence-corrected chi connectivity index (χ0v) is 7.95. The average molecular weight is 198 g/mol. The largest absolute Gasteiger partial charge is 0.319 e. The van der Waals surface area contributed by atoms with E-state index >= 15 is 0 Å². The highest BCUT2D eigenvalue weighted by molar-refractivity contribution is 7.88. The van der Waals surface area contributed by atoms with Crippen molar-refractivity contribution in [2.75, 3.05) is 7.05 Å². The molecule has 0 aliphatic rings. The van der Waals surface area contributed by atoms with E-state index in [9.17, 15) is 8.42 Å². The molecule has 1 N–H and O–H groups in total. The molecule has 1 rings (SSSR count). The van der Waals surface area contributed by atoms with Crippen molar-refractivity contribution in [3.8, 4) is 0 Å². The molecule has 0 radical (unpaired) electrons. The summed E-state index contributed by atoms with van der Waals surface area (Å²) in [6.07, 6.45) is 1.30. The van der Waals surface area contributed by atoms with Gasteiger partial charge in [-0.25, -0.2) is 0 Å². The van der Waals surface area contributed by atoms with E-state index in [1.807, 2.05) is 18.2 Å². The summed E-state index contributed by atoms with van der Waals surface area (Å²) in [7, 11) is -2.18. The van der Waals surface area contributed by atoms with Gasteiger partial charge in [0.1, 0.15) is 0 Å². The van der Waals surface area contributed by atoms with Crippen molar-refractivity contribution in [1.82, 2.24) is 4.72 Å². The van der Waals surface area contributed by atoms with Crippen LogP contribution in [0, 0.1) is 0 Å². The van der Waals surface area contributed by atoms with Crippen LogP contribution in [0.1, 0.15) is 5.56 Å². The van der Waals surface area contributed by atoms with Crippen molar-refractivity contribution < 1.29 is 8.42 Å². The number of hydrogen-bond donors (Lipinski definition) is 1. The fourth-order valence-electron chi connectivity index (χ4n) is 0.722. The van der Waals surface area contributed by atoms with Crippen LogP contribution in [0.25, 0.3) is 0 Å². The normalized spacial score (nSPS) is 12.1. The Kier molecular flexibility index (Phi) is 3.16. The van der Waals surface area contributed by atoms with E-state index in [0.29, 0.717) is 0 Å². The lowest BCUT2D eigenvalue weighted by Crippen LogP contribution is -2.15. The zero-order valence-electron chi connectivity index (χ0n) is 7.14. The molecule has 0 amide bonds. The Morgan fingerprint density at radius 3 is 2.46 bits per heavy atom. The SMILES string of the molecule is CNS(=O)(=O)/N=C/c1ccccc1. The number of benzene rings is 1. The minimum Gasteiger partial charge on any atom is -0.199 e. The highest BCUT2D eigenvalue weighted by Gasteiger charge is 1.99. The summed E-state index contributed by atoms with van der Waals surface area (Å²) in [5.41, 5.74) is 0.751. The summed E-state index contributed by atoms with van der Waals surface area (Å²) in [4.78, 5) is 0. The van der Waals surface area contributed by atoms with Crippen LogP contribution in [0.2, 0.25) is 0 Å². The molecule has 0 fully saturated rings.